The number of aromatic nitrogens is 1. The van der Waals surface area contributed by atoms with E-state index >= 15 is 0 Å². The van der Waals surface area contributed by atoms with Crippen molar-refractivity contribution in [2.75, 3.05) is 33.1 Å². The van der Waals surface area contributed by atoms with Gasteiger partial charge in [0, 0.05) is 13.7 Å². The van der Waals surface area contributed by atoms with Gasteiger partial charge in [0.05, 0.1) is 19.3 Å². The Bertz CT molecular complexity index is 414. The predicted octanol–water partition coefficient (Wildman–Crippen LogP) is -0.240. The van der Waals surface area contributed by atoms with Gasteiger partial charge >= 0.3 is 5.97 Å². The molecule has 1 amide bonds. The lowest BCUT2D eigenvalue weighted by molar-refractivity contribution is 0.0595. The molecule has 0 bridgehead atoms. The van der Waals surface area contributed by atoms with E-state index in [0.717, 1.165) is 0 Å². The quantitative estimate of drug-likeness (QED) is 0.487. The summed E-state index contributed by atoms with van der Waals surface area (Å²) in [5, 5.41) is 2.59. The van der Waals surface area contributed by atoms with Gasteiger partial charge in [-0.3, -0.25) is 4.79 Å². The third-order valence-corrected chi connectivity index (χ3v) is 2.09. The lowest BCUT2D eigenvalue weighted by atomic mass is 10.2. The topological polar surface area (TPSA) is 106 Å². The number of nitrogens with one attached hydrogen (secondary N) is 2. The van der Waals surface area contributed by atoms with E-state index < -0.39 is 5.97 Å². The lowest BCUT2D eigenvalue weighted by Crippen LogP contribution is -2.27. The zero-order chi connectivity index (χ0) is 12.8. The molecule has 1 rings (SSSR count). The van der Waals surface area contributed by atoms with E-state index in [0.29, 0.717) is 13.2 Å². The maximum Gasteiger partial charge on any atom is 0.354 e. The number of esters is 1. The number of nitrogen functional groups attached to an aromatic ring is 1. The van der Waals surface area contributed by atoms with Gasteiger partial charge in [-0.25, -0.2) is 4.79 Å². The highest BCUT2D eigenvalue weighted by Crippen LogP contribution is 2.13. The van der Waals surface area contributed by atoms with Gasteiger partial charge in [0.2, 0.25) is 0 Å². The Hall–Kier alpha value is -2.02. The summed E-state index contributed by atoms with van der Waals surface area (Å²) in [6.07, 6.45) is 0. The number of hydrogen-bond acceptors (Lipinski definition) is 5. The van der Waals surface area contributed by atoms with E-state index in [2.05, 4.69) is 15.0 Å². The van der Waals surface area contributed by atoms with Gasteiger partial charge in [-0.1, -0.05) is 0 Å². The van der Waals surface area contributed by atoms with Gasteiger partial charge in [0.1, 0.15) is 11.5 Å². The van der Waals surface area contributed by atoms with Crippen LogP contribution in [0.1, 0.15) is 20.8 Å². The molecular formula is C10H15N3O4. The second-order valence-corrected chi connectivity index (χ2v) is 3.25. The predicted molar refractivity (Wildman–Crippen MR) is 60.8 cm³/mol. The molecule has 0 saturated carbocycles. The largest absolute Gasteiger partial charge is 0.464 e. The average Bonchev–Trinajstić information content (AvgIpc) is 2.70. The van der Waals surface area contributed by atoms with Crippen molar-refractivity contribution in [3.63, 3.8) is 0 Å². The van der Waals surface area contributed by atoms with Crippen LogP contribution >= 0.6 is 0 Å². The molecule has 1 aromatic heterocycles. The molecule has 7 heteroatoms. The molecule has 17 heavy (non-hydrogen) atoms. The van der Waals surface area contributed by atoms with Crippen LogP contribution in [-0.2, 0) is 9.47 Å². The van der Waals surface area contributed by atoms with Crippen molar-refractivity contribution in [3.8, 4) is 0 Å². The van der Waals surface area contributed by atoms with E-state index in [1.54, 1.807) is 0 Å². The number of ether oxygens (including phenoxy) is 2. The molecule has 0 atom stereocenters. The highest BCUT2D eigenvalue weighted by atomic mass is 16.5. The second kappa shape index (κ2) is 5.90. The van der Waals surface area contributed by atoms with Crippen molar-refractivity contribution in [3.05, 3.63) is 17.3 Å². The Kier molecular flexibility index (Phi) is 4.53. The Morgan fingerprint density at radius 1 is 1.47 bits per heavy atom. The van der Waals surface area contributed by atoms with E-state index in [1.807, 2.05) is 0 Å². The van der Waals surface area contributed by atoms with E-state index in [1.165, 1.54) is 20.3 Å². The average molecular weight is 241 g/mol. The van der Waals surface area contributed by atoms with Crippen LogP contribution in [0.5, 0.6) is 0 Å². The minimum Gasteiger partial charge on any atom is -0.464 e. The van der Waals surface area contributed by atoms with Gasteiger partial charge in [0.15, 0.2) is 0 Å². The first-order valence-corrected chi connectivity index (χ1v) is 4.94. The highest BCUT2D eigenvalue weighted by Gasteiger charge is 2.17. The number of carbonyl (C=O) groups is 2. The SMILES string of the molecule is COCCNC(=O)c1cc(C(=O)OC)[nH]c1N. The van der Waals surface area contributed by atoms with Crippen LogP contribution in [-0.4, -0.2) is 44.2 Å². The molecule has 1 heterocycles. The van der Waals surface area contributed by atoms with E-state index in [4.69, 9.17) is 10.5 Å². The fourth-order valence-electron chi connectivity index (χ4n) is 1.24. The van der Waals surface area contributed by atoms with Gasteiger partial charge in [-0.2, -0.15) is 0 Å². The summed E-state index contributed by atoms with van der Waals surface area (Å²) in [5.74, 6) is -0.820. The number of amides is 1. The number of hydrogen-bond donors (Lipinski definition) is 3. The fraction of sp³-hybridized carbons (Fsp3) is 0.400. The smallest absolute Gasteiger partial charge is 0.354 e. The third kappa shape index (κ3) is 3.22. The maximum absolute atomic E-state index is 11.6. The summed E-state index contributed by atoms with van der Waals surface area (Å²) in [5.41, 5.74) is 5.93. The number of anilines is 1. The fourth-order valence-corrected chi connectivity index (χ4v) is 1.24. The number of rotatable bonds is 5. The number of carbonyl (C=O) groups excluding carboxylic acids is 2. The summed E-state index contributed by atoms with van der Waals surface area (Å²) in [7, 11) is 2.78. The molecule has 0 radical (unpaired) electrons. The number of methoxy groups -OCH3 is 2. The van der Waals surface area contributed by atoms with Crippen molar-refractivity contribution in [1.82, 2.24) is 10.3 Å². The van der Waals surface area contributed by atoms with Crippen LogP contribution in [0.3, 0.4) is 0 Å². The number of H-pyrrole nitrogens is 1. The molecule has 0 unspecified atom stereocenters. The summed E-state index contributed by atoms with van der Waals surface area (Å²) < 4.78 is 9.30. The second-order valence-electron chi connectivity index (χ2n) is 3.25. The van der Waals surface area contributed by atoms with Crippen LogP contribution in [0, 0.1) is 0 Å². The van der Waals surface area contributed by atoms with Crippen LogP contribution < -0.4 is 11.1 Å². The maximum atomic E-state index is 11.6. The normalized spacial score (nSPS) is 10.0. The molecule has 0 fully saturated rings. The molecule has 0 aliphatic heterocycles. The minimum atomic E-state index is -0.576. The summed E-state index contributed by atoms with van der Waals surface area (Å²) in [6.45, 7) is 0.771. The molecule has 94 valence electrons. The van der Waals surface area contributed by atoms with Crippen molar-refractivity contribution in [2.24, 2.45) is 0 Å². The molecule has 7 nitrogen and oxygen atoms in total. The van der Waals surface area contributed by atoms with Crippen LogP contribution in [0.25, 0.3) is 0 Å². The Morgan fingerprint density at radius 3 is 2.76 bits per heavy atom. The van der Waals surface area contributed by atoms with E-state index in [9.17, 15) is 9.59 Å². The first-order chi connectivity index (χ1) is 8.10. The molecule has 0 spiro atoms. The lowest BCUT2D eigenvalue weighted by Gasteiger charge is -2.02. The number of nitrogens with two attached hydrogens (primary N) is 1. The first kappa shape index (κ1) is 13.0. The highest BCUT2D eigenvalue weighted by molar-refractivity contribution is 6.01. The molecule has 1 aromatic rings. The summed E-state index contributed by atoms with van der Waals surface area (Å²) in [6, 6.07) is 1.35. The zero-order valence-corrected chi connectivity index (χ0v) is 9.70. The summed E-state index contributed by atoms with van der Waals surface area (Å²) in [4.78, 5) is 25.4. The molecular weight excluding hydrogens is 226 g/mol. The van der Waals surface area contributed by atoms with Crippen molar-refractivity contribution < 1.29 is 19.1 Å². The number of aromatic amines is 1. The minimum absolute atomic E-state index is 0.125. The third-order valence-electron chi connectivity index (χ3n) is 2.09. The molecule has 4 N–H and O–H groups in total. The van der Waals surface area contributed by atoms with Crippen molar-refractivity contribution >= 4 is 17.7 Å². The van der Waals surface area contributed by atoms with Crippen LogP contribution in [0.15, 0.2) is 6.07 Å². The van der Waals surface area contributed by atoms with Crippen LogP contribution in [0.2, 0.25) is 0 Å². The van der Waals surface area contributed by atoms with Gasteiger partial charge in [-0.05, 0) is 6.07 Å². The van der Waals surface area contributed by atoms with Crippen LogP contribution in [0.4, 0.5) is 5.82 Å². The Balaban J connectivity index is 2.73. The first-order valence-electron chi connectivity index (χ1n) is 4.94. The Labute approximate surface area is 98.3 Å². The van der Waals surface area contributed by atoms with E-state index in [-0.39, 0.29) is 23.0 Å². The van der Waals surface area contributed by atoms with Gasteiger partial charge in [-0.15, -0.1) is 0 Å². The molecule has 0 aliphatic rings. The van der Waals surface area contributed by atoms with Gasteiger partial charge in [0.25, 0.3) is 5.91 Å². The standard InChI is InChI=1S/C10H15N3O4/c1-16-4-3-12-9(14)6-5-7(10(15)17-2)13-8(6)11/h5,13H,3-4,11H2,1-2H3,(H,12,14). The molecule has 0 saturated heterocycles. The monoisotopic (exact) mass is 241 g/mol. The zero-order valence-electron chi connectivity index (χ0n) is 9.70. The summed E-state index contributed by atoms with van der Waals surface area (Å²) >= 11 is 0. The van der Waals surface area contributed by atoms with Crippen molar-refractivity contribution in [1.29, 1.82) is 0 Å². The Morgan fingerprint density at radius 2 is 2.18 bits per heavy atom. The van der Waals surface area contributed by atoms with Gasteiger partial charge < -0.3 is 25.5 Å². The molecule has 0 aliphatic carbocycles. The molecule has 0 aromatic carbocycles. The van der Waals surface area contributed by atoms with Crippen molar-refractivity contribution in [2.45, 2.75) is 0 Å².